The van der Waals surface area contributed by atoms with Gasteiger partial charge >= 0.3 is 13.2 Å². The molecule has 4 rings (SSSR count). The van der Waals surface area contributed by atoms with Crippen LogP contribution in [-0.2, 0) is 0 Å². The molecule has 30 heavy (non-hydrogen) atoms. The Morgan fingerprint density at radius 3 is 2.33 bits per heavy atom. The topological polar surface area (TPSA) is 61.2 Å². The van der Waals surface area contributed by atoms with Crippen LogP contribution in [0.4, 0.5) is 23.5 Å². The molecule has 0 unspecified atom stereocenters. The molecule has 2 aromatic carbocycles. The van der Waals surface area contributed by atoms with E-state index in [9.17, 15) is 17.6 Å². The number of hydrogen-bond donors (Lipinski definition) is 1. The first-order valence-electron chi connectivity index (χ1n) is 8.86. The number of aromatic nitrogens is 3. The maximum atomic E-state index is 12.8. The molecule has 0 radical (unpaired) electrons. The predicted octanol–water partition coefficient (Wildman–Crippen LogP) is 5.23. The zero-order chi connectivity index (χ0) is 21.3. The van der Waals surface area contributed by atoms with E-state index < -0.39 is 24.7 Å². The van der Waals surface area contributed by atoms with Crippen LogP contribution in [0.3, 0.4) is 0 Å². The van der Waals surface area contributed by atoms with Crippen LogP contribution in [0.25, 0.3) is 0 Å². The Labute approximate surface area is 182 Å². The molecule has 0 saturated heterocycles. The lowest BCUT2D eigenvalue weighted by molar-refractivity contribution is -0.0692. The van der Waals surface area contributed by atoms with Crippen LogP contribution in [0.5, 0.6) is 11.5 Å². The molecule has 1 N–H and O–H groups in total. The van der Waals surface area contributed by atoms with Gasteiger partial charge in [0.2, 0.25) is 5.95 Å². The van der Waals surface area contributed by atoms with Crippen molar-refractivity contribution in [3.63, 3.8) is 0 Å². The van der Waals surface area contributed by atoms with Crippen LogP contribution in [0.15, 0.2) is 48.8 Å². The van der Waals surface area contributed by atoms with Gasteiger partial charge in [-0.15, -0.1) is 0 Å². The zero-order valence-electron chi connectivity index (χ0n) is 15.2. The van der Waals surface area contributed by atoms with Gasteiger partial charge in [0.25, 0.3) is 0 Å². The third kappa shape index (κ3) is 4.45. The van der Waals surface area contributed by atoms with Gasteiger partial charge in [-0.25, -0.2) is 4.68 Å². The van der Waals surface area contributed by atoms with Crippen LogP contribution in [0.1, 0.15) is 29.6 Å². The Hall–Kier alpha value is -2.57. The van der Waals surface area contributed by atoms with E-state index in [1.54, 1.807) is 4.68 Å². The van der Waals surface area contributed by atoms with E-state index in [4.69, 9.17) is 0 Å². The maximum Gasteiger partial charge on any atom is 0.387 e. The Kier molecular flexibility index (Phi) is 5.97. The van der Waals surface area contributed by atoms with E-state index in [2.05, 4.69) is 47.5 Å². The summed E-state index contributed by atoms with van der Waals surface area (Å²) in [7, 11) is 0. The normalized spacial score (nSPS) is 18.2. The van der Waals surface area contributed by atoms with E-state index in [0.717, 1.165) is 9.13 Å². The number of fused-ring (bicyclic) bond motifs is 1. The average Bonchev–Trinajstić information content (AvgIpc) is 3.17. The van der Waals surface area contributed by atoms with Crippen molar-refractivity contribution >= 4 is 28.5 Å². The van der Waals surface area contributed by atoms with Gasteiger partial charge in [0, 0.05) is 3.57 Å². The zero-order valence-corrected chi connectivity index (χ0v) is 17.3. The van der Waals surface area contributed by atoms with E-state index in [0.29, 0.717) is 17.9 Å². The highest BCUT2D eigenvalue weighted by atomic mass is 127. The summed E-state index contributed by atoms with van der Waals surface area (Å²) in [6.45, 7) is -6.35. The van der Waals surface area contributed by atoms with Gasteiger partial charge in [0.1, 0.15) is 6.33 Å². The number of rotatable bonds is 6. The monoisotopic (exact) mass is 534 g/mol. The molecule has 1 aliphatic rings. The number of nitrogens with one attached hydrogen (secondary N) is 1. The molecule has 1 aromatic heterocycles. The molecule has 0 aliphatic carbocycles. The molecular weight excluding hydrogens is 519 g/mol. The van der Waals surface area contributed by atoms with E-state index in [-0.39, 0.29) is 12.1 Å². The smallest absolute Gasteiger partial charge is 0.387 e. The lowest BCUT2D eigenvalue weighted by Gasteiger charge is -2.32. The summed E-state index contributed by atoms with van der Waals surface area (Å²) in [6.07, 6.45) is 1.91. The van der Waals surface area contributed by atoms with Crippen LogP contribution >= 0.6 is 22.6 Å². The highest BCUT2D eigenvalue weighted by Gasteiger charge is 2.31. The number of anilines is 1. The van der Waals surface area contributed by atoms with Gasteiger partial charge in [0.05, 0.1) is 12.1 Å². The van der Waals surface area contributed by atoms with Crippen molar-refractivity contribution < 1.29 is 27.0 Å². The number of halogens is 5. The van der Waals surface area contributed by atoms with E-state index >= 15 is 0 Å². The molecule has 158 valence electrons. The van der Waals surface area contributed by atoms with Gasteiger partial charge in [0.15, 0.2) is 11.5 Å². The summed E-state index contributed by atoms with van der Waals surface area (Å²) in [4.78, 5) is 4.22. The molecule has 2 atom stereocenters. The second-order valence-corrected chi connectivity index (χ2v) is 7.74. The molecule has 0 saturated carbocycles. The van der Waals surface area contributed by atoms with Gasteiger partial charge in [-0.05, 0) is 64.4 Å². The highest BCUT2D eigenvalue weighted by molar-refractivity contribution is 14.1. The van der Waals surface area contributed by atoms with Crippen LogP contribution in [0, 0.1) is 3.57 Å². The number of nitrogens with zero attached hydrogens (tertiary/aromatic N) is 3. The first-order chi connectivity index (χ1) is 14.4. The van der Waals surface area contributed by atoms with Crippen molar-refractivity contribution in [2.45, 2.75) is 31.7 Å². The first-order valence-corrected chi connectivity index (χ1v) is 9.93. The molecule has 11 heteroatoms. The van der Waals surface area contributed by atoms with Crippen LogP contribution in [0.2, 0.25) is 0 Å². The minimum absolute atomic E-state index is 0.111. The Morgan fingerprint density at radius 1 is 0.967 bits per heavy atom. The molecule has 6 nitrogen and oxygen atoms in total. The Bertz CT molecular complexity index is 1020. The molecule has 0 amide bonds. The third-order valence-electron chi connectivity index (χ3n) is 4.69. The van der Waals surface area contributed by atoms with E-state index in [1.165, 1.54) is 24.5 Å². The average molecular weight is 534 g/mol. The highest BCUT2D eigenvalue weighted by Crippen LogP contribution is 2.40. The third-order valence-corrected chi connectivity index (χ3v) is 5.41. The SMILES string of the molecule is FC(F)Oc1ccc([C@@H]2C[C@@H](c3ccc(I)cc3)Nc3ncnn32)cc1OC(F)F. The number of alkyl halides is 4. The fourth-order valence-electron chi connectivity index (χ4n) is 3.42. The quantitative estimate of drug-likeness (QED) is 0.347. The molecular formula is C19H15F4IN4O2. The Balaban J connectivity index is 1.70. The van der Waals surface area contributed by atoms with Crippen LogP contribution in [-0.4, -0.2) is 28.0 Å². The van der Waals surface area contributed by atoms with Gasteiger partial charge in [-0.2, -0.15) is 27.6 Å². The van der Waals surface area contributed by atoms with Crippen LogP contribution < -0.4 is 14.8 Å². The molecule has 1 aliphatic heterocycles. The summed E-state index contributed by atoms with van der Waals surface area (Å²) in [5.41, 5.74) is 1.58. The number of ether oxygens (including phenoxy) is 2. The van der Waals surface area contributed by atoms with Crippen molar-refractivity contribution in [3.8, 4) is 11.5 Å². The second-order valence-electron chi connectivity index (χ2n) is 6.49. The number of benzene rings is 2. The molecule has 3 aromatic rings. The summed E-state index contributed by atoms with van der Waals surface area (Å²) < 4.78 is 62.3. The van der Waals surface area contributed by atoms with Gasteiger partial charge in [-0.3, -0.25) is 0 Å². The van der Waals surface area contributed by atoms with Crippen molar-refractivity contribution in [1.82, 2.24) is 14.8 Å². The molecule has 0 spiro atoms. The Morgan fingerprint density at radius 2 is 1.63 bits per heavy atom. The van der Waals surface area contributed by atoms with Gasteiger partial charge in [-0.1, -0.05) is 18.2 Å². The largest absolute Gasteiger partial charge is 0.431 e. The predicted molar refractivity (Wildman–Crippen MR) is 108 cm³/mol. The second kappa shape index (κ2) is 8.66. The lowest BCUT2D eigenvalue weighted by atomic mass is 9.93. The standard InChI is InChI=1S/C19H15F4IN4O2/c20-17(21)29-15-6-3-11(7-16(15)30-18(22)23)14-8-13(10-1-4-12(24)5-2-10)27-19-25-9-26-28(14)19/h1-7,9,13-14,17-18H,8H2,(H,25,26,27)/t13-,14-/m0/s1. The number of hydrogen-bond acceptors (Lipinski definition) is 5. The van der Waals surface area contributed by atoms with Crippen molar-refractivity contribution in [3.05, 3.63) is 63.5 Å². The molecule has 0 bridgehead atoms. The van der Waals surface area contributed by atoms with Crippen molar-refractivity contribution in [2.24, 2.45) is 0 Å². The van der Waals surface area contributed by atoms with Crippen molar-refractivity contribution in [1.29, 1.82) is 0 Å². The summed E-state index contributed by atoms with van der Waals surface area (Å²) in [5, 5.41) is 7.53. The fraction of sp³-hybridized carbons (Fsp3) is 0.263. The van der Waals surface area contributed by atoms with Gasteiger partial charge < -0.3 is 14.8 Å². The lowest BCUT2D eigenvalue weighted by Crippen LogP contribution is -2.28. The molecule has 0 fully saturated rings. The van der Waals surface area contributed by atoms with E-state index in [1.807, 2.05) is 24.3 Å². The summed E-state index contributed by atoms with van der Waals surface area (Å²) in [5.74, 6) is -0.413. The van der Waals surface area contributed by atoms with Crippen molar-refractivity contribution in [2.75, 3.05) is 5.32 Å². The minimum Gasteiger partial charge on any atom is -0.431 e. The maximum absolute atomic E-state index is 12.8. The fourth-order valence-corrected chi connectivity index (χ4v) is 3.78. The summed E-state index contributed by atoms with van der Waals surface area (Å²) >= 11 is 2.22. The summed E-state index contributed by atoms with van der Waals surface area (Å²) in [6, 6.07) is 11.5. The minimum atomic E-state index is -3.19. The molecule has 2 heterocycles. The first kappa shape index (κ1) is 20.7.